The van der Waals surface area contributed by atoms with Crippen LogP contribution in [0.4, 0.5) is 0 Å². The molecular formula is C13H22N2O. The minimum atomic E-state index is 0.244. The summed E-state index contributed by atoms with van der Waals surface area (Å²) < 4.78 is 7.79. The molecule has 0 saturated heterocycles. The fourth-order valence-electron chi connectivity index (χ4n) is 2.50. The zero-order valence-electron chi connectivity index (χ0n) is 10.6. The smallest absolute Gasteiger partial charge is 0.0990 e. The van der Waals surface area contributed by atoms with E-state index in [0.29, 0.717) is 5.92 Å². The summed E-state index contributed by atoms with van der Waals surface area (Å²) in [5, 5.41) is 4.52. The van der Waals surface area contributed by atoms with Gasteiger partial charge in [0.25, 0.3) is 0 Å². The van der Waals surface area contributed by atoms with Gasteiger partial charge in [-0.15, -0.1) is 0 Å². The number of fused-ring (bicyclic) bond motifs is 1. The SMILES string of the molecule is CCC(C)c1cnn2c1C(OC)CCCC2. The van der Waals surface area contributed by atoms with Crippen LogP contribution in [0, 0.1) is 0 Å². The first kappa shape index (κ1) is 11.6. The average molecular weight is 222 g/mol. The summed E-state index contributed by atoms with van der Waals surface area (Å²) >= 11 is 0. The predicted molar refractivity (Wildman–Crippen MR) is 64.5 cm³/mol. The van der Waals surface area contributed by atoms with Crippen LogP contribution in [0.2, 0.25) is 0 Å². The van der Waals surface area contributed by atoms with Crippen molar-refractivity contribution in [3.63, 3.8) is 0 Å². The lowest BCUT2D eigenvalue weighted by Gasteiger charge is -2.18. The van der Waals surface area contributed by atoms with Crippen LogP contribution < -0.4 is 0 Å². The van der Waals surface area contributed by atoms with Gasteiger partial charge in [0.2, 0.25) is 0 Å². The molecule has 0 radical (unpaired) electrons. The highest BCUT2D eigenvalue weighted by molar-refractivity contribution is 5.24. The van der Waals surface area contributed by atoms with Crippen LogP contribution >= 0.6 is 0 Å². The van der Waals surface area contributed by atoms with Crippen molar-refractivity contribution in [2.24, 2.45) is 0 Å². The van der Waals surface area contributed by atoms with Crippen LogP contribution in [-0.2, 0) is 11.3 Å². The van der Waals surface area contributed by atoms with Gasteiger partial charge >= 0.3 is 0 Å². The molecule has 16 heavy (non-hydrogen) atoms. The number of hydrogen-bond donors (Lipinski definition) is 0. The molecule has 0 bridgehead atoms. The Morgan fingerprint density at radius 1 is 1.56 bits per heavy atom. The number of aromatic nitrogens is 2. The standard InChI is InChI=1S/C13H22N2O/c1-4-10(2)11-9-14-15-8-6-5-7-12(16-3)13(11)15/h9-10,12H,4-8H2,1-3H3. The average Bonchev–Trinajstić information content (AvgIpc) is 2.62. The Kier molecular flexibility index (Phi) is 3.64. The number of aryl methyl sites for hydroxylation is 1. The van der Waals surface area contributed by atoms with Crippen LogP contribution in [0.15, 0.2) is 6.20 Å². The van der Waals surface area contributed by atoms with Crippen molar-refractivity contribution in [2.45, 2.75) is 58.1 Å². The third-order valence-electron chi connectivity index (χ3n) is 3.73. The molecule has 1 aromatic rings. The summed E-state index contributed by atoms with van der Waals surface area (Å²) in [4.78, 5) is 0. The molecule has 0 N–H and O–H groups in total. The lowest BCUT2D eigenvalue weighted by atomic mass is 9.96. The van der Waals surface area contributed by atoms with Gasteiger partial charge in [0.05, 0.1) is 18.0 Å². The molecule has 2 rings (SSSR count). The van der Waals surface area contributed by atoms with E-state index in [1.165, 1.54) is 24.1 Å². The lowest BCUT2D eigenvalue weighted by Crippen LogP contribution is -2.10. The quantitative estimate of drug-likeness (QED) is 0.785. The fraction of sp³-hybridized carbons (Fsp3) is 0.769. The van der Waals surface area contributed by atoms with Gasteiger partial charge < -0.3 is 4.74 Å². The van der Waals surface area contributed by atoms with Crippen LogP contribution in [0.3, 0.4) is 0 Å². The van der Waals surface area contributed by atoms with Crippen molar-refractivity contribution in [1.29, 1.82) is 0 Å². The number of hydrogen-bond acceptors (Lipinski definition) is 2. The van der Waals surface area contributed by atoms with Crippen LogP contribution in [-0.4, -0.2) is 16.9 Å². The maximum atomic E-state index is 5.63. The van der Waals surface area contributed by atoms with Gasteiger partial charge in [-0.2, -0.15) is 5.10 Å². The van der Waals surface area contributed by atoms with Crippen LogP contribution in [0.25, 0.3) is 0 Å². The van der Waals surface area contributed by atoms with E-state index < -0.39 is 0 Å². The molecule has 2 atom stereocenters. The summed E-state index contributed by atoms with van der Waals surface area (Å²) in [6.45, 7) is 5.55. The van der Waals surface area contributed by atoms with E-state index in [1.54, 1.807) is 0 Å². The molecular weight excluding hydrogens is 200 g/mol. The molecule has 1 aliphatic heterocycles. The van der Waals surface area contributed by atoms with Crippen LogP contribution in [0.5, 0.6) is 0 Å². The molecule has 0 fully saturated rings. The maximum Gasteiger partial charge on any atom is 0.0990 e. The highest BCUT2D eigenvalue weighted by atomic mass is 16.5. The Morgan fingerprint density at radius 2 is 2.38 bits per heavy atom. The zero-order valence-corrected chi connectivity index (χ0v) is 10.6. The second-order valence-corrected chi connectivity index (χ2v) is 4.74. The summed E-state index contributed by atoms with van der Waals surface area (Å²) in [5.74, 6) is 0.583. The van der Waals surface area contributed by atoms with Gasteiger partial charge in [-0.1, -0.05) is 13.8 Å². The number of methoxy groups -OCH3 is 1. The normalized spacial score (nSPS) is 22.6. The first-order valence-corrected chi connectivity index (χ1v) is 6.36. The van der Waals surface area contributed by atoms with E-state index in [1.807, 2.05) is 13.3 Å². The molecule has 2 unspecified atom stereocenters. The van der Waals surface area contributed by atoms with E-state index in [-0.39, 0.29) is 6.10 Å². The Balaban J connectivity index is 2.38. The van der Waals surface area contributed by atoms with Crippen LogP contribution in [0.1, 0.15) is 62.8 Å². The predicted octanol–water partition coefficient (Wildman–Crippen LogP) is 3.27. The minimum Gasteiger partial charge on any atom is -0.375 e. The number of rotatable bonds is 3. The highest BCUT2D eigenvalue weighted by Crippen LogP contribution is 2.33. The van der Waals surface area contributed by atoms with Gasteiger partial charge in [0.15, 0.2) is 0 Å². The monoisotopic (exact) mass is 222 g/mol. The molecule has 3 heteroatoms. The summed E-state index contributed by atoms with van der Waals surface area (Å²) in [5.41, 5.74) is 2.71. The molecule has 2 heterocycles. The van der Waals surface area contributed by atoms with Gasteiger partial charge in [-0.3, -0.25) is 4.68 Å². The molecule has 1 aliphatic rings. The van der Waals surface area contributed by atoms with Crippen molar-refractivity contribution in [1.82, 2.24) is 9.78 Å². The third kappa shape index (κ3) is 2.01. The number of ether oxygens (including phenoxy) is 1. The molecule has 90 valence electrons. The van der Waals surface area contributed by atoms with Crippen molar-refractivity contribution < 1.29 is 4.74 Å². The first-order chi connectivity index (χ1) is 7.77. The third-order valence-corrected chi connectivity index (χ3v) is 3.73. The molecule has 0 aromatic carbocycles. The summed E-state index contributed by atoms with van der Waals surface area (Å²) in [6, 6.07) is 0. The topological polar surface area (TPSA) is 27.1 Å². The Morgan fingerprint density at radius 3 is 3.06 bits per heavy atom. The zero-order chi connectivity index (χ0) is 11.5. The van der Waals surface area contributed by atoms with E-state index in [0.717, 1.165) is 19.4 Å². The molecule has 0 aliphatic carbocycles. The second kappa shape index (κ2) is 5.00. The maximum absolute atomic E-state index is 5.63. The molecule has 3 nitrogen and oxygen atoms in total. The largest absolute Gasteiger partial charge is 0.375 e. The fourth-order valence-corrected chi connectivity index (χ4v) is 2.50. The first-order valence-electron chi connectivity index (χ1n) is 6.36. The Labute approximate surface area is 97.8 Å². The molecule has 0 amide bonds. The van der Waals surface area contributed by atoms with E-state index >= 15 is 0 Å². The van der Waals surface area contributed by atoms with Gasteiger partial charge in [-0.25, -0.2) is 0 Å². The molecule has 1 aromatic heterocycles. The summed E-state index contributed by atoms with van der Waals surface area (Å²) in [7, 11) is 1.81. The summed E-state index contributed by atoms with van der Waals surface area (Å²) in [6.07, 6.45) is 7.03. The molecule has 0 saturated carbocycles. The number of nitrogens with zero attached hydrogens (tertiary/aromatic N) is 2. The van der Waals surface area contributed by atoms with Crippen molar-refractivity contribution >= 4 is 0 Å². The highest BCUT2D eigenvalue weighted by Gasteiger charge is 2.24. The molecule has 0 spiro atoms. The van der Waals surface area contributed by atoms with Crippen molar-refractivity contribution in [3.8, 4) is 0 Å². The van der Waals surface area contributed by atoms with Gasteiger partial charge in [-0.05, 0) is 37.2 Å². The van der Waals surface area contributed by atoms with E-state index in [2.05, 4.69) is 23.6 Å². The van der Waals surface area contributed by atoms with Crippen molar-refractivity contribution in [2.75, 3.05) is 7.11 Å². The van der Waals surface area contributed by atoms with E-state index in [4.69, 9.17) is 4.74 Å². The van der Waals surface area contributed by atoms with E-state index in [9.17, 15) is 0 Å². The van der Waals surface area contributed by atoms with Crippen molar-refractivity contribution in [3.05, 3.63) is 17.5 Å². The Bertz CT molecular complexity index is 346. The lowest BCUT2D eigenvalue weighted by molar-refractivity contribution is 0.0899. The van der Waals surface area contributed by atoms with Gasteiger partial charge in [0.1, 0.15) is 0 Å². The van der Waals surface area contributed by atoms with Gasteiger partial charge in [0, 0.05) is 13.7 Å². The Hall–Kier alpha value is -0.830. The second-order valence-electron chi connectivity index (χ2n) is 4.74. The minimum absolute atomic E-state index is 0.244.